The molecule has 0 aliphatic heterocycles. The second-order valence-electron chi connectivity index (χ2n) is 2.13. The van der Waals surface area contributed by atoms with E-state index in [4.69, 9.17) is 17.0 Å². The second-order valence-corrected chi connectivity index (χ2v) is 3.46. The molecular weight excluding hydrogens is 241 g/mol. The summed E-state index contributed by atoms with van der Waals surface area (Å²) < 4.78 is 0.814. The number of benzene rings is 1. The van der Waals surface area contributed by atoms with Crippen LogP contribution in [0.4, 0.5) is 0 Å². The van der Waals surface area contributed by atoms with Crippen molar-refractivity contribution in [2.24, 2.45) is 0 Å². The summed E-state index contributed by atoms with van der Waals surface area (Å²) in [7, 11) is 0. The summed E-state index contributed by atoms with van der Waals surface area (Å²) in [5.41, 5.74) is 0.356. The smallest absolute Gasteiger partial charge is 0.204 e. The van der Waals surface area contributed by atoms with E-state index in [2.05, 4.69) is 15.9 Å². The third kappa shape index (κ3) is 1.93. The lowest BCUT2D eigenvalue weighted by molar-refractivity contribution is 0.107. The molecule has 0 saturated carbocycles. The van der Waals surface area contributed by atoms with Gasteiger partial charge in [0, 0.05) is 10.0 Å². The van der Waals surface area contributed by atoms with Crippen LogP contribution in [-0.4, -0.2) is 12.0 Å². The molecule has 0 fully saturated rings. The molecule has 0 heterocycles. The van der Waals surface area contributed by atoms with Crippen LogP contribution in [0.5, 0.6) is 0 Å². The molecule has 1 aromatic rings. The molecule has 62 valence electrons. The third-order valence-electron chi connectivity index (χ3n) is 1.33. The van der Waals surface area contributed by atoms with Crippen molar-refractivity contribution < 1.29 is 4.79 Å². The predicted molar refractivity (Wildman–Crippen MR) is 52.3 cm³/mol. The zero-order valence-corrected chi connectivity index (χ0v) is 8.32. The number of rotatable bonds is 2. The van der Waals surface area contributed by atoms with E-state index < -0.39 is 0 Å². The van der Waals surface area contributed by atoms with E-state index in [1.165, 1.54) is 0 Å². The molecule has 1 aromatic carbocycles. The Labute approximate surface area is 83.2 Å². The first kappa shape index (κ1) is 9.42. The Hall–Kier alpha value is -0.670. The van der Waals surface area contributed by atoms with Gasteiger partial charge in [-0.3, -0.25) is 4.79 Å². The average Bonchev–Trinajstić information content (AvgIpc) is 2.03. The monoisotopic (exact) mass is 245 g/mol. The Morgan fingerprint density at radius 1 is 1.58 bits per heavy atom. The van der Waals surface area contributed by atoms with Gasteiger partial charge in [-0.15, -0.1) is 0 Å². The van der Waals surface area contributed by atoms with Crippen LogP contribution in [0.1, 0.15) is 10.4 Å². The summed E-state index contributed by atoms with van der Waals surface area (Å²) in [6.45, 7) is 0. The van der Waals surface area contributed by atoms with Gasteiger partial charge in [-0.25, -0.2) is 0 Å². The minimum Gasteiger partial charge on any atom is -0.305 e. The maximum atomic E-state index is 11.0. The Morgan fingerprint density at radius 2 is 2.25 bits per heavy atom. The predicted octanol–water partition coefficient (Wildman–Crippen LogP) is 2.93. The summed E-state index contributed by atoms with van der Waals surface area (Å²) in [6.07, 6.45) is 0.745. The number of carbonyl (C=O) groups excluding carboxylic acids is 1. The van der Waals surface area contributed by atoms with Crippen LogP contribution < -0.4 is 0 Å². The van der Waals surface area contributed by atoms with E-state index in [1.807, 2.05) is 0 Å². The summed E-state index contributed by atoms with van der Waals surface area (Å²) in [5.74, 6) is -0.382. The third-order valence-corrected chi connectivity index (χ3v) is 2.13. The van der Waals surface area contributed by atoms with Gasteiger partial charge >= 0.3 is 0 Å². The fourth-order valence-corrected chi connectivity index (χ4v) is 1.53. The lowest BCUT2D eigenvalue weighted by atomic mass is 10.1. The number of carbonyl (C=O) groups is 1. The second kappa shape index (κ2) is 3.83. The zero-order chi connectivity index (χ0) is 9.14. The first-order valence-electron chi connectivity index (χ1n) is 3.15. The molecule has 0 aliphatic carbocycles. The van der Waals surface area contributed by atoms with Crippen molar-refractivity contribution in [1.29, 1.82) is 5.41 Å². The minimum absolute atomic E-state index is 0.356. The maximum Gasteiger partial charge on any atom is 0.204 e. The molecule has 4 heteroatoms. The number of Topliss-reactive ketones (excluding diaryl/α,β-unsaturated/α-hetero) is 1. The largest absolute Gasteiger partial charge is 0.305 e. The molecule has 0 atom stereocenters. The molecule has 0 saturated heterocycles. The molecule has 0 bridgehead atoms. The van der Waals surface area contributed by atoms with Gasteiger partial charge in [0.25, 0.3) is 0 Å². The van der Waals surface area contributed by atoms with Crippen LogP contribution in [0.3, 0.4) is 0 Å². The summed E-state index contributed by atoms with van der Waals surface area (Å²) in [6, 6.07) is 4.92. The van der Waals surface area contributed by atoms with E-state index in [9.17, 15) is 4.79 Å². The molecule has 12 heavy (non-hydrogen) atoms. The van der Waals surface area contributed by atoms with E-state index in [-0.39, 0.29) is 5.78 Å². The van der Waals surface area contributed by atoms with Crippen LogP contribution in [-0.2, 0) is 0 Å². The van der Waals surface area contributed by atoms with Crippen molar-refractivity contribution in [3.63, 3.8) is 0 Å². The lowest BCUT2D eigenvalue weighted by Crippen LogP contribution is -1.99. The molecule has 0 radical (unpaired) electrons. The van der Waals surface area contributed by atoms with E-state index in [1.54, 1.807) is 18.2 Å². The Balaban J connectivity index is 3.18. The Kier molecular flexibility index (Phi) is 3.00. The van der Waals surface area contributed by atoms with Crippen molar-refractivity contribution in [1.82, 2.24) is 0 Å². The summed E-state index contributed by atoms with van der Waals surface area (Å²) in [4.78, 5) is 11.0. The van der Waals surface area contributed by atoms with Crippen molar-refractivity contribution in [2.45, 2.75) is 0 Å². The molecular formula is C8H5BrClNO. The van der Waals surface area contributed by atoms with Gasteiger partial charge in [0.1, 0.15) is 0 Å². The highest BCUT2D eigenvalue weighted by Crippen LogP contribution is 2.21. The molecule has 0 spiro atoms. The van der Waals surface area contributed by atoms with Crippen molar-refractivity contribution in [2.75, 3.05) is 0 Å². The summed E-state index contributed by atoms with van der Waals surface area (Å²) in [5, 5.41) is 7.11. The first-order valence-corrected chi connectivity index (χ1v) is 4.32. The maximum absolute atomic E-state index is 11.0. The van der Waals surface area contributed by atoms with Gasteiger partial charge in [-0.05, 0) is 18.2 Å². The molecule has 0 aliphatic rings. The van der Waals surface area contributed by atoms with Crippen molar-refractivity contribution in [3.05, 3.63) is 33.3 Å². The SMILES string of the molecule is N=CC(=O)c1ccc(Br)cc1Cl. The fraction of sp³-hybridized carbons (Fsp3) is 0. The molecule has 0 unspecified atom stereocenters. The number of halogens is 2. The van der Waals surface area contributed by atoms with Gasteiger partial charge in [0.15, 0.2) is 0 Å². The van der Waals surface area contributed by atoms with Crippen LogP contribution in [0.2, 0.25) is 5.02 Å². The fourth-order valence-electron chi connectivity index (χ4n) is 0.767. The molecule has 1 rings (SSSR count). The van der Waals surface area contributed by atoms with Crippen LogP contribution >= 0.6 is 27.5 Å². The highest BCUT2D eigenvalue weighted by atomic mass is 79.9. The van der Waals surface area contributed by atoms with E-state index in [0.717, 1.165) is 10.7 Å². The number of hydrogen-bond acceptors (Lipinski definition) is 2. The molecule has 0 amide bonds. The van der Waals surface area contributed by atoms with Gasteiger partial charge in [0.05, 0.1) is 11.2 Å². The van der Waals surface area contributed by atoms with Gasteiger partial charge in [-0.2, -0.15) is 0 Å². The average molecular weight is 246 g/mol. The Morgan fingerprint density at radius 3 is 2.75 bits per heavy atom. The first-order chi connectivity index (χ1) is 5.65. The van der Waals surface area contributed by atoms with Crippen molar-refractivity contribution >= 4 is 39.5 Å². The number of hydrogen-bond donors (Lipinski definition) is 1. The molecule has 0 aromatic heterocycles. The number of ketones is 1. The van der Waals surface area contributed by atoms with E-state index in [0.29, 0.717) is 10.6 Å². The highest BCUT2D eigenvalue weighted by molar-refractivity contribution is 9.10. The quantitative estimate of drug-likeness (QED) is 0.632. The normalized spacial score (nSPS) is 9.50. The van der Waals surface area contributed by atoms with Gasteiger partial charge in [-0.1, -0.05) is 27.5 Å². The highest BCUT2D eigenvalue weighted by Gasteiger charge is 2.06. The van der Waals surface area contributed by atoms with Crippen LogP contribution in [0.15, 0.2) is 22.7 Å². The number of nitrogens with one attached hydrogen (secondary N) is 1. The van der Waals surface area contributed by atoms with Crippen LogP contribution in [0, 0.1) is 5.41 Å². The van der Waals surface area contributed by atoms with Crippen molar-refractivity contribution in [3.8, 4) is 0 Å². The Bertz CT molecular complexity index is 338. The lowest BCUT2D eigenvalue weighted by Gasteiger charge is -1.98. The molecule has 1 N–H and O–H groups in total. The molecule has 2 nitrogen and oxygen atoms in total. The topological polar surface area (TPSA) is 40.9 Å². The summed E-state index contributed by atoms with van der Waals surface area (Å²) >= 11 is 8.96. The standard InChI is InChI=1S/C8H5BrClNO/c9-5-1-2-6(7(10)3-5)8(12)4-11/h1-4,11H. The van der Waals surface area contributed by atoms with Gasteiger partial charge < -0.3 is 5.41 Å². The van der Waals surface area contributed by atoms with E-state index >= 15 is 0 Å². The van der Waals surface area contributed by atoms with Gasteiger partial charge in [0.2, 0.25) is 5.78 Å². The minimum atomic E-state index is -0.382. The zero-order valence-electron chi connectivity index (χ0n) is 5.97. The van der Waals surface area contributed by atoms with Crippen LogP contribution in [0.25, 0.3) is 0 Å².